The molecule has 0 radical (unpaired) electrons. The number of para-hydroxylation sites is 2. The van der Waals surface area contributed by atoms with Gasteiger partial charge in [-0.25, -0.2) is 0 Å². The molecule has 2 amide bonds. The molecule has 0 saturated carbocycles. The minimum absolute atomic E-state index is 0.0740. The molecular weight excluding hydrogens is 312 g/mol. The maximum atomic E-state index is 12.8. The van der Waals surface area contributed by atoms with E-state index >= 15 is 0 Å². The molecule has 0 fully saturated rings. The normalized spacial score (nSPS) is 10.5. The van der Waals surface area contributed by atoms with Gasteiger partial charge in [-0.3, -0.25) is 14.5 Å². The van der Waals surface area contributed by atoms with E-state index in [4.69, 9.17) is 0 Å². The zero-order valence-electron chi connectivity index (χ0n) is 14.9. The lowest BCUT2D eigenvalue weighted by molar-refractivity contribution is -0.125. The van der Waals surface area contributed by atoms with Crippen LogP contribution in [0.15, 0.2) is 60.7 Å². The number of benzene rings is 2. The van der Waals surface area contributed by atoms with Crippen LogP contribution in [0.25, 0.3) is 0 Å². The molecule has 4 nitrogen and oxygen atoms in total. The van der Waals surface area contributed by atoms with Crippen molar-refractivity contribution in [1.82, 2.24) is 5.32 Å². The highest BCUT2D eigenvalue weighted by Crippen LogP contribution is 2.26. The summed E-state index contributed by atoms with van der Waals surface area (Å²) in [6.45, 7) is 4.90. The number of nitrogens with one attached hydrogen (secondary N) is 1. The Hall–Kier alpha value is -2.62. The number of anilines is 2. The van der Waals surface area contributed by atoms with E-state index in [1.807, 2.05) is 60.7 Å². The van der Waals surface area contributed by atoms with Crippen molar-refractivity contribution in [3.05, 3.63) is 60.7 Å². The third-order valence-electron chi connectivity index (χ3n) is 3.89. The Kier molecular flexibility index (Phi) is 7.20. The summed E-state index contributed by atoms with van der Waals surface area (Å²) < 4.78 is 0. The number of hydrogen-bond acceptors (Lipinski definition) is 2. The lowest BCUT2D eigenvalue weighted by Crippen LogP contribution is -2.29. The van der Waals surface area contributed by atoms with Gasteiger partial charge in [-0.05, 0) is 36.6 Å². The van der Waals surface area contributed by atoms with E-state index < -0.39 is 0 Å². The molecule has 2 rings (SSSR count). The molecule has 0 bridgehead atoms. The Morgan fingerprint density at radius 2 is 1.40 bits per heavy atom. The van der Waals surface area contributed by atoms with Crippen LogP contribution in [-0.2, 0) is 9.59 Å². The van der Waals surface area contributed by atoms with Gasteiger partial charge in [0.05, 0.1) is 0 Å². The van der Waals surface area contributed by atoms with Gasteiger partial charge in [0.2, 0.25) is 11.8 Å². The van der Waals surface area contributed by atoms with Gasteiger partial charge in [-0.2, -0.15) is 0 Å². The van der Waals surface area contributed by atoms with Crippen molar-refractivity contribution in [3.8, 4) is 0 Å². The summed E-state index contributed by atoms with van der Waals surface area (Å²) in [5, 5.41) is 2.88. The average Bonchev–Trinajstić information content (AvgIpc) is 2.62. The van der Waals surface area contributed by atoms with Crippen LogP contribution in [-0.4, -0.2) is 18.4 Å². The smallest absolute Gasteiger partial charge is 0.232 e. The van der Waals surface area contributed by atoms with Gasteiger partial charge in [0.25, 0.3) is 0 Å². The molecule has 2 aromatic rings. The summed E-state index contributed by atoms with van der Waals surface area (Å²) in [7, 11) is 0. The molecule has 2 aromatic carbocycles. The molecule has 0 aliphatic heterocycles. The molecule has 0 heterocycles. The summed E-state index contributed by atoms with van der Waals surface area (Å²) in [6, 6.07) is 19.0. The quantitative estimate of drug-likeness (QED) is 0.780. The molecular formula is C21H26N2O2. The molecule has 0 aliphatic rings. The maximum Gasteiger partial charge on any atom is 0.232 e. The van der Waals surface area contributed by atoms with Gasteiger partial charge >= 0.3 is 0 Å². The molecule has 4 heteroatoms. The number of rotatable bonds is 8. The zero-order valence-corrected chi connectivity index (χ0v) is 14.9. The van der Waals surface area contributed by atoms with E-state index in [9.17, 15) is 9.59 Å². The Morgan fingerprint density at radius 3 is 1.88 bits per heavy atom. The SMILES string of the molecule is CC(C)CCNC(=O)CCC(=O)N(c1ccccc1)c1ccccc1. The number of carbonyl (C=O) groups is 2. The Bertz CT molecular complexity index is 629. The van der Waals surface area contributed by atoms with E-state index in [0.717, 1.165) is 17.8 Å². The topological polar surface area (TPSA) is 49.4 Å². The van der Waals surface area contributed by atoms with Crippen LogP contribution >= 0.6 is 0 Å². The van der Waals surface area contributed by atoms with Crippen LogP contribution in [0.5, 0.6) is 0 Å². The third-order valence-corrected chi connectivity index (χ3v) is 3.89. The predicted octanol–water partition coefficient (Wildman–Crippen LogP) is 4.29. The van der Waals surface area contributed by atoms with Gasteiger partial charge < -0.3 is 5.32 Å². The molecule has 0 aliphatic carbocycles. The predicted molar refractivity (Wildman–Crippen MR) is 102 cm³/mol. The van der Waals surface area contributed by atoms with Gasteiger partial charge in [-0.15, -0.1) is 0 Å². The fourth-order valence-corrected chi connectivity index (χ4v) is 2.51. The van der Waals surface area contributed by atoms with Crippen molar-refractivity contribution in [2.45, 2.75) is 33.1 Å². The van der Waals surface area contributed by atoms with Crippen molar-refractivity contribution in [2.75, 3.05) is 11.4 Å². The molecule has 0 atom stereocenters. The van der Waals surface area contributed by atoms with Crippen LogP contribution in [0.1, 0.15) is 33.1 Å². The maximum absolute atomic E-state index is 12.8. The molecule has 0 spiro atoms. The number of carbonyl (C=O) groups excluding carboxylic acids is 2. The summed E-state index contributed by atoms with van der Waals surface area (Å²) in [6.07, 6.45) is 1.32. The van der Waals surface area contributed by atoms with E-state index in [-0.39, 0.29) is 24.7 Å². The minimum atomic E-state index is -0.0867. The second-order valence-electron chi connectivity index (χ2n) is 6.43. The van der Waals surface area contributed by atoms with Crippen LogP contribution in [0.4, 0.5) is 11.4 Å². The standard InChI is InChI=1S/C21H26N2O2/c1-17(2)15-16-22-20(24)13-14-21(25)23(18-9-5-3-6-10-18)19-11-7-4-8-12-19/h3-12,17H,13-16H2,1-2H3,(H,22,24). The summed E-state index contributed by atoms with van der Waals surface area (Å²) >= 11 is 0. The van der Waals surface area contributed by atoms with E-state index in [1.165, 1.54) is 0 Å². The summed E-state index contributed by atoms with van der Waals surface area (Å²) in [5.74, 6) is 0.389. The first kappa shape index (κ1) is 18.7. The molecule has 0 aromatic heterocycles. The van der Waals surface area contributed by atoms with Crippen molar-refractivity contribution in [3.63, 3.8) is 0 Å². The van der Waals surface area contributed by atoms with Crippen LogP contribution in [0.2, 0.25) is 0 Å². The number of nitrogens with zero attached hydrogens (tertiary/aromatic N) is 1. The van der Waals surface area contributed by atoms with Gasteiger partial charge in [0, 0.05) is 30.8 Å². The highest BCUT2D eigenvalue weighted by atomic mass is 16.2. The van der Waals surface area contributed by atoms with E-state index in [1.54, 1.807) is 4.90 Å². The second-order valence-corrected chi connectivity index (χ2v) is 6.43. The van der Waals surface area contributed by atoms with E-state index in [0.29, 0.717) is 12.5 Å². The van der Waals surface area contributed by atoms with Gasteiger partial charge in [-0.1, -0.05) is 50.2 Å². The van der Waals surface area contributed by atoms with E-state index in [2.05, 4.69) is 19.2 Å². The fourth-order valence-electron chi connectivity index (χ4n) is 2.51. The second kappa shape index (κ2) is 9.62. The van der Waals surface area contributed by atoms with Crippen LogP contribution < -0.4 is 10.2 Å². The molecule has 25 heavy (non-hydrogen) atoms. The van der Waals surface area contributed by atoms with Crippen molar-refractivity contribution >= 4 is 23.2 Å². The highest BCUT2D eigenvalue weighted by molar-refractivity contribution is 6.01. The number of hydrogen-bond donors (Lipinski definition) is 1. The molecule has 1 N–H and O–H groups in total. The average molecular weight is 338 g/mol. The zero-order chi connectivity index (χ0) is 18.1. The monoisotopic (exact) mass is 338 g/mol. The Labute approximate surface area is 149 Å². The Morgan fingerprint density at radius 1 is 0.880 bits per heavy atom. The molecule has 132 valence electrons. The summed E-state index contributed by atoms with van der Waals surface area (Å²) in [4.78, 5) is 26.4. The highest BCUT2D eigenvalue weighted by Gasteiger charge is 2.18. The summed E-state index contributed by atoms with van der Waals surface area (Å²) in [5.41, 5.74) is 1.61. The molecule has 0 unspecified atom stereocenters. The van der Waals surface area contributed by atoms with Crippen molar-refractivity contribution < 1.29 is 9.59 Å². The Balaban J connectivity index is 2.01. The molecule has 0 saturated heterocycles. The first-order valence-corrected chi connectivity index (χ1v) is 8.77. The lowest BCUT2D eigenvalue weighted by Gasteiger charge is -2.23. The lowest BCUT2D eigenvalue weighted by atomic mass is 10.1. The number of amides is 2. The fraction of sp³-hybridized carbons (Fsp3) is 0.333. The minimum Gasteiger partial charge on any atom is -0.356 e. The first-order valence-electron chi connectivity index (χ1n) is 8.77. The van der Waals surface area contributed by atoms with Crippen LogP contribution in [0, 0.1) is 5.92 Å². The third kappa shape index (κ3) is 6.07. The van der Waals surface area contributed by atoms with Crippen LogP contribution in [0.3, 0.4) is 0 Å². The van der Waals surface area contributed by atoms with Crippen molar-refractivity contribution in [1.29, 1.82) is 0 Å². The van der Waals surface area contributed by atoms with Crippen molar-refractivity contribution in [2.24, 2.45) is 5.92 Å². The van der Waals surface area contributed by atoms with Gasteiger partial charge in [0.15, 0.2) is 0 Å². The first-order chi connectivity index (χ1) is 12.1. The largest absolute Gasteiger partial charge is 0.356 e. The van der Waals surface area contributed by atoms with Gasteiger partial charge in [0.1, 0.15) is 0 Å².